The molecule has 202 valence electrons. The van der Waals surface area contributed by atoms with E-state index in [1.165, 1.54) is 43.3 Å². The quantitative estimate of drug-likeness (QED) is 0.237. The van der Waals surface area contributed by atoms with Crippen LogP contribution >= 0.6 is 11.6 Å². The number of hydrazine groups is 1. The molecule has 15 heteroatoms. The van der Waals surface area contributed by atoms with E-state index in [4.69, 9.17) is 16.1 Å². The molecule has 4 aromatic rings. The maximum Gasteiger partial charge on any atom is 0.434 e. The summed E-state index contributed by atoms with van der Waals surface area (Å²) >= 11 is 6.11. The topological polar surface area (TPSA) is 131 Å². The van der Waals surface area contributed by atoms with Crippen molar-refractivity contribution in [1.29, 1.82) is 0 Å². The summed E-state index contributed by atoms with van der Waals surface area (Å²) in [6.45, 7) is 2.31. The highest BCUT2D eigenvalue weighted by molar-refractivity contribution is 6.33. The molecule has 2 aromatic heterocycles. The van der Waals surface area contributed by atoms with E-state index in [9.17, 15) is 31.9 Å². The fourth-order valence-corrected chi connectivity index (χ4v) is 3.94. The molecule has 0 spiro atoms. The molecule has 0 unspecified atom stereocenters. The summed E-state index contributed by atoms with van der Waals surface area (Å²) in [5.74, 6) is -3.96. The third-order valence-electron chi connectivity index (χ3n) is 5.16. The highest BCUT2D eigenvalue weighted by Gasteiger charge is 2.42. The van der Waals surface area contributed by atoms with Crippen molar-refractivity contribution in [3.8, 4) is 28.3 Å². The van der Waals surface area contributed by atoms with Crippen LogP contribution in [-0.2, 0) is 15.8 Å². The Labute approximate surface area is 221 Å². The normalized spacial score (nSPS) is 11.3. The van der Waals surface area contributed by atoms with E-state index >= 15 is 0 Å². The van der Waals surface area contributed by atoms with Gasteiger partial charge in [0.05, 0.1) is 28.0 Å². The van der Waals surface area contributed by atoms with Gasteiger partial charge < -0.3 is 9.84 Å². The Balaban J connectivity index is 1.96. The van der Waals surface area contributed by atoms with Gasteiger partial charge in [-0.1, -0.05) is 28.9 Å². The van der Waals surface area contributed by atoms with Gasteiger partial charge in [0.2, 0.25) is 11.8 Å². The van der Waals surface area contributed by atoms with Crippen LogP contribution in [0.15, 0.2) is 53.2 Å². The summed E-state index contributed by atoms with van der Waals surface area (Å²) in [7, 11) is 0. The molecular formula is C24H17ClF4N6O4. The number of aromatic nitrogens is 3. The Morgan fingerprint density at radius 1 is 1.03 bits per heavy atom. The Morgan fingerprint density at radius 2 is 1.74 bits per heavy atom. The van der Waals surface area contributed by atoms with Crippen LogP contribution in [0.2, 0.25) is 5.02 Å². The van der Waals surface area contributed by atoms with E-state index in [0.717, 1.165) is 19.2 Å². The zero-order valence-electron chi connectivity index (χ0n) is 20.0. The number of hydrogen-bond donors (Lipinski definition) is 3. The number of amides is 3. The number of carbonyl (C=O) groups is 3. The smallest absolute Gasteiger partial charge is 0.355 e. The van der Waals surface area contributed by atoms with Gasteiger partial charge in [-0.2, -0.15) is 18.3 Å². The minimum absolute atomic E-state index is 0.0824. The summed E-state index contributed by atoms with van der Waals surface area (Å²) in [6.07, 6.45) is -4.26. The molecule has 3 amide bonds. The molecule has 2 heterocycles. The molecule has 0 fully saturated rings. The number of alkyl halides is 3. The average molecular weight is 565 g/mol. The summed E-state index contributed by atoms with van der Waals surface area (Å²) in [5.41, 5.74) is 0.497. The molecule has 3 N–H and O–H groups in total. The largest absolute Gasteiger partial charge is 0.434 e. The van der Waals surface area contributed by atoms with Crippen molar-refractivity contribution in [2.24, 2.45) is 0 Å². The molecule has 0 aliphatic carbocycles. The lowest BCUT2D eigenvalue weighted by Crippen LogP contribution is -2.40. The Morgan fingerprint density at radius 3 is 2.38 bits per heavy atom. The van der Waals surface area contributed by atoms with Gasteiger partial charge in [-0.3, -0.25) is 25.2 Å². The number of carbonyl (C=O) groups excluding carboxylic acids is 3. The number of halogens is 5. The Hall–Kier alpha value is -4.72. The third-order valence-corrected chi connectivity index (χ3v) is 5.48. The molecule has 0 aliphatic rings. The molecule has 10 nitrogen and oxygen atoms in total. The van der Waals surface area contributed by atoms with Gasteiger partial charge in [0.1, 0.15) is 17.1 Å². The van der Waals surface area contributed by atoms with Crippen molar-refractivity contribution in [3.63, 3.8) is 0 Å². The fraction of sp³-hybridized carbons (Fsp3) is 0.125. The lowest BCUT2D eigenvalue weighted by atomic mass is 10.0. The maximum absolute atomic E-state index is 14.7. The number of nitrogens with zero attached hydrogens (tertiary/aromatic N) is 3. The van der Waals surface area contributed by atoms with E-state index in [-0.39, 0.29) is 16.4 Å². The summed E-state index contributed by atoms with van der Waals surface area (Å²) in [4.78, 5) is 35.8. The Bertz CT molecular complexity index is 1580. The van der Waals surface area contributed by atoms with Crippen LogP contribution in [0, 0.1) is 5.82 Å². The van der Waals surface area contributed by atoms with Crippen LogP contribution in [-0.4, -0.2) is 32.7 Å². The summed E-state index contributed by atoms with van der Waals surface area (Å²) in [5, 5.41) is 9.76. The molecule has 0 radical (unpaired) electrons. The highest BCUT2D eigenvalue weighted by Crippen LogP contribution is 2.43. The van der Waals surface area contributed by atoms with Gasteiger partial charge >= 0.3 is 6.18 Å². The van der Waals surface area contributed by atoms with Gasteiger partial charge in [-0.25, -0.2) is 9.07 Å². The number of hydrogen-bond acceptors (Lipinski definition) is 6. The van der Waals surface area contributed by atoms with Crippen molar-refractivity contribution < 1.29 is 36.5 Å². The zero-order valence-corrected chi connectivity index (χ0v) is 20.7. The number of anilines is 1. The van der Waals surface area contributed by atoms with E-state index < -0.39 is 63.6 Å². The van der Waals surface area contributed by atoms with Crippen molar-refractivity contribution >= 4 is 35.0 Å². The first-order chi connectivity index (χ1) is 18.4. The van der Waals surface area contributed by atoms with Crippen molar-refractivity contribution in [3.05, 3.63) is 70.8 Å². The Kier molecular flexibility index (Phi) is 7.40. The first-order valence-electron chi connectivity index (χ1n) is 10.9. The van der Waals surface area contributed by atoms with E-state index in [1.807, 2.05) is 10.9 Å². The molecular weight excluding hydrogens is 548 g/mol. The second-order valence-corrected chi connectivity index (χ2v) is 8.42. The van der Waals surface area contributed by atoms with Crippen LogP contribution in [0.4, 0.5) is 23.2 Å². The summed E-state index contributed by atoms with van der Waals surface area (Å²) in [6, 6.07) is 9.00. The molecule has 0 atom stereocenters. The third kappa shape index (κ3) is 5.60. The lowest BCUT2D eigenvalue weighted by Gasteiger charge is -2.13. The minimum atomic E-state index is -5.05. The molecule has 39 heavy (non-hydrogen) atoms. The maximum atomic E-state index is 14.7. The standard InChI is InChI=1S/C24H17ClF4N6O4/c1-11(36)31-13-5-3-6-14(9-13)35-22(24(27,28)29)15(10-30-35)21-19(23(38)33-32-12(2)37)20(34-39-21)18-16(25)7-4-8-17(18)26/h3-10H,1-2H3,(H,31,36)(H,32,37)(H,33,38). The van der Waals surface area contributed by atoms with Crippen LogP contribution in [0.25, 0.3) is 28.3 Å². The zero-order chi connectivity index (χ0) is 28.5. The molecule has 0 saturated heterocycles. The monoisotopic (exact) mass is 564 g/mol. The van der Waals surface area contributed by atoms with Gasteiger partial charge in [-0.15, -0.1) is 0 Å². The van der Waals surface area contributed by atoms with Crippen molar-refractivity contribution in [2.45, 2.75) is 20.0 Å². The van der Waals surface area contributed by atoms with Crippen LogP contribution in [0.3, 0.4) is 0 Å². The predicted molar refractivity (Wildman–Crippen MR) is 130 cm³/mol. The molecule has 0 bridgehead atoms. The van der Waals surface area contributed by atoms with Gasteiger partial charge in [0.15, 0.2) is 11.5 Å². The van der Waals surface area contributed by atoms with Gasteiger partial charge in [0, 0.05) is 19.5 Å². The van der Waals surface area contributed by atoms with Crippen LogP contribution in [0.5, 0.6) is 0 Å². The number of nitrogens with one attached hydrogen (secondary N) is 3. The summed E-state index contributed by atoms with van der Waals surface area (Å²) < 4.78 is 63.8. The van der Waals surface area contributed by atoms with Gasteiger partial charge in [0.25, 0.3) is 5.91 Å². The second-order valence-electron chi connectivity index (χ2n) is 8.02. The van der Waals surface area contributed by atoms with Crippen LogP contribution < -0.4 is 16.2 Å². The van der Waals surface area contributed by atoms with E-state index in [2.05, 4.69) is 15.6 Å². The number of benzene rings is 2. The molecule has 0 saturated carbocycles. The predicted octanol–water partition coefficient (Wildman–Crippen LogP) is 4.74. The highest BCUT2D eigenvalue weighted by atomic mass is 35.5. The SMILES string of the molecule is CC(=O)NNC(=O)c1c(-c2c(F)cccc2Cl)noc1-c1cnn(-c2cccc(NC(C)=O)c2)c1C(F)(F)F. The lowest BCUT2D eigenvalue weighted by molar-refractivity contribution is -0.142. The van der Waals surface area contributed by atoms with Crippen molar-refractivity contribution in [1.82, 2.24) is 25.8 Å². The average Bonchev–Trinajstić information content (AvgIpc) is 3.47. The first-order valence-corrected chi connectivity index (χ1v) is 11.3. The fourth-order valence-electron chi connectivity index (χ4n) is 3.69. The van der Waals surface area contributed by atoms with E-state index in [1.54, 1.807) is 0 Å². The number of rotatable bonds is 5. The van der Waals surface area contributed by atoms with E-state index in [0.29, 0.717) is 4.68 Å². The van der Waals surface area contributed by atoms with Gasteiger partial charge in [-0.05, 0) is 30.3 Å². The molecule has 0 aliphatic heterocycles. The first kappa shape index (κ1) is 27.3. The molecule has 2 aromatic carbocycles. The molecule has 4 rings (SSSR count). The second kappa shape index (κ2) is 10.6. The van der Waals surface area contributed by atoms with Crippen molar-refractivity contribution in [2.75, 3.05) is 5.32 Å². The van der Waals surface area contributed by atoms with Crippen LogP contribution in [0.1, 0.15) is 29.9 Å². The minimum Gasteiger partial charge on any atom is -0.355 e.